The molecular formula is C60H39NO. The molecule has 1 aromatic heterocycles. The van der Waals surface area contributed by atoms with E-state index < -0.39 is 0 Å². The third-order valence-electron chi connectivity index (χ3n) is 12.5. The van der Waals surface area contributed by atoms with Crippen LogP contribution < -0.4 is 4.90 Å². The van der Waals surface area contributed by atoms with E-state index in [-0.39, 0.29) is 0 Å². The summed E-state index contributed by atoms with van der Waals surface area (Å²) >= 11 is 0. The highest BCUT2D eigenvalue weighted by atomic mass is 16.3. The maximum atomic E-state index is 6.46. The van der Waals surface area contributed by atoms with Crippen molar-refractivity contribution in [2.45, 2.75) is 0 Å². The molecule has 0 N–H and O–H groups in total. The number of nitrogens with zero attached hydrogens (tertiary/aromatic N) is 1. The predicted octanol–water partition coefficient (Wildman–Crippen LogP) is 17.2. The second kappa shape index (κ2) is 14.8. The maximum absolute atomic E-state index is 6.46. The Morgan fingerprint density at radius 3 is 1.52 bits per heavy atom. The van der Waals surface area contributed by atoms with Gasteiger partial charge < -0.3 is 9.32 Å². The first-order valence-electron chi connectivity index (χ1n) is 21.2. The molecule has 2 nitrogen and oxygen atoms in total. The number of furan rings is 1. The topological polar surface area (TPSA) is 16.4 Å². The van der Waals surface area contributed by atoms with Crippen LogP contribution in [0.4, 0.5) is 17.1 Å². The fraction of sp³-hybridized carbons (Fsp3) is 0. The van der Waals surface area contributed by atoms with Gasteiger partial charge in [0, 0.05) is 33.3 Å². The standard InChI is InChI=1S/C60H39NO/c1-3-15-48-42(12-1)14-9-19-49(48)44-28-26-40(27-29-44)41-30-35-46(36-31-41)61(47-37-32-45(33-38-47)51-20-10-23-57-56-18-6-8-25-59(56)62-60(51)57)58-24-7-5-17-55(58)53-22-11-21-52-50-16-4-2-13-43(50)34-39-54(52)53/h1-39H. The molecule has 11 aromatic carbocycles. The van der Waals surface area contributed by atoms with Crippen molar-refractivity contribution in [3.63, 3.8) is 0 Å². The maximum Gasteiger partial charge on any atom is 0.143 e. The predicted molar refractivity (Wildman–Crippen MR) is 263 cm³/mol. The zero-order chi connectivity index (χ0) is 41.0. The number of para-hydroxylation sites is 3. The van der Waals surface area contributed by atoms with Gasteiger partial charge in [0.2, 0.25) is 0 Å². The van der Waals surface area contributed by atoms with Gasteiger partial charge in [-0.05, 0) is 102 Å². The summed E-state index contributed by atoms with van der Waals surface area (Å²) in [5.41, 5.74) is 14.4. The van der Waals surface area contributed by atoms with Gasteiger partial charge >= 0.3 is 0 Å². The smallest absolute Gasteiger partial charge is 0.143 e. The molecule has 12 aromatic rings. The van der Waals surface area contributed by atoms with E-state index in [1.54, 1.807) is 0 Å². The second-order valence-electron chi connectivity index (χ2n) is 16.0. The minimum atomic E-state index is 0.903. The van der Waals surface area contributed by atoms with Crippen molar-refractivity contribution >= 4 is 71.3 Å². The zero-order valence-electron chi connectivity index (χ0n) is 33.9. The molecule has 0 aliphatic carbocycles. The van der Waals surface area contributed by atoms with E-state index in [4.69, 9.17) is 4.42 Å². The molecule has 0 saturated heterocycles. The van der Waals surface area contributed by atoms with Crippen molar-refractivity contribution in [2.75, 3.05) is 4.90 Å². The Hall–Kier alpha value is -8.20. The van der Waals surface area contributed by atoms with Crippen LogP contribution in [0.2, 0.25) is 0 Å². The normalized spacial score (nSPS) is 11.5. The van der Waals surface area contributed by atoms with Crippen molar-refractivity contribution in [2.24, 2.45) is 0 Å². The van der Waals surface area contributed by atoms with Gasteiger partial charge in [-0.15, -0.1) is 0 Å². The monoisotopic (exact) mass is 789 g/mol. The van der Waals surface area contributed by atoms with Crippen LogP contribution in [0.3, 0.4) is 0 Å². The summed E-state index contributed by atoms with van der Waals surface area (Å²) in [6.45, 7) is 0. The molecule has 0 atom stereocenters. The SMILES string of the molecule is c1ccc(N(c2ccc(-c3ccc(-c4cccc5ccccc45)cc3)cc2)c2ccc(-c3cccc4c3oc3ccccc34)cc2)c(-c2cccc3c2ccc2ccccc23)c1. The summed E-state index contributed by atoms with van der Waals surface area (Å²) in [7, 11) is 0. The van der Waals surface area contributed by atoms with Gasteiger partial charge in [-0.25, -0.2) is 0 Å². The first-order chi connectivity index (χ1) is 30.7. The fourth-order valence-electron chi connectivity index (χ4n) is 9.49. The summed E-state index contributed by atoms with van der Waals surface area (Å²) in [4.78, 5) is 2.40. The Morgan fingerprint density at radius 1 is 0.258 bits per heavy atom. The van der Waals surface area contributed by atoms with E-state index in [0.29, 0.717) is 0 Å². The molecule has 0 radical (unpaired) electrons. The summed E-state index contributed by atoms with van der Waals surface area (Å²) in [6.07, 6.45) is 0. The number of anilines is 3. The van der Waals surface area contributed by atoms with Gasteiger partial charge in [0.15, 0.2) is 0 Å². The third-order valence-corrected chi connectivity index (χ3v) is 12.5. The van der Waals surface area contributed by atoms with Gasteiger partial charge in [-0.3, -0.25) is 0 Å². The second-order valence-corrected chi connectivity index (χ2v) is 16.0. The van der Waals surface area contributed by atoms with Crippen LogP contribution in [0.25, 0.3) is 98.8 Å². The van der Waals surface area contributed by atoms with Crippen LogP contribution >= 0.6 is 0 Å². The Kier molecular flexibility index (Phi) is 8.53. The van der Waals surface area contributed by atoms with Gasteiger partial charge in [0.25, 0.3) is 0 Å². The van der Waals surface area contributed by atoms with Crippen molar-refractivity contribution in [1.82, 2.24) is 0 Å². The van der Waals surface area contributed by atoms with Crippen molar-refractivity contribution in [3.05, 3.63) is 237 Å². The lowest BCUT2D eigenvalue weighted by molar-refractivity contribution is 0.670. The van der Waals surface area contributed by atoms with E-state index in [1.807, 2.05) is 12.1 Å². The van der Waals surface area contributed by atoms with Crippen LogP contribution in [-0.4, -0.2) is 0 Å². The molecule has 0 unspecified atom stereocenters. The minimum Gasteiger partial charge on any atom is -0.455 e. The molecular weight excluding hydrogens is 751 g/mol. The molecule has 0 aliphatic rings. The minimum absolute atomic E-state index is 0.903. The summed E-state index contributed by atoms with van der Waals surface area (Å²) in [6, 6.07) is 85.4. The van der Waals surface area contributed by atoms with Crippen molar-refractivity contribution in [1.29, 1.82) is 0 Å². The number of hydrogen-bond donors (Lipinski definition) is 0. The van der Waals surface area contributed by atoms with E-state index in [9.17, 15) is 0 Å². The number of hydrogen-bond acceptors (Lipinski definition) is 2. The highest BCUT2D eigenvalue weighted by Gasteiger charge is 2.20. The quantitative estimate of drug-likeness (QED) is 0.150. The van der Waals surface area contributed by atoms with Crippen molar-refractivity contribution in [3.8, 4) is 44.5 Å². The van der Waals surface area contributed by atoms with E-state index in [0.717, 1.165) is 55.7 Å². The largest absolute Gasteiger partial charge is 0.455 e. The Bertz CT molecular complexity index is 3610. The molecule has 0 saturated carbocycles. The molecule has 62 heavy (non-hydrogen) atoms. The molecule has 290 valence electrons. The van der Waals surface area contributed by atoms with Crippen LogP contribution in [0, 0.1) is 0 Å². The molecule has 0 bridgehead atoms. The zero-order valence-corrected chi connectivity index (χ0v) is 33.9. The first-order valence-corrected chi connectivity index (χ1v) is 21.2. The molecule has 0 amide bonds. The average molecular weight is 790 g/mol. The molecule has 0 spiro atoms. The lowest BCUT2D eigenvalue weighted by Crippen LogP contribution is -2.11. The van der Waals surface area contributed by atoms with Gasteiger partial charge in [-0.1, -0.05) is 200 Å². The Balaban J connectivity index is 0.969. The highest BCUT2D eigenvalue weighted by Crippen LogP contribution is 2.45. The molecule has 1 heterocycles. The fourth-order valence-corrected chi connectivity index (χ4v) is 9.49. The molecule has 0 fully saturated rings. The molecule has 12 rings (SSSR count). The van der Waals surface area contributed by atoms with E-state index in [1.165, 1.54) is 60.1 Å². The van der Waals surface area contributed by atoms with Crippen LogP contribution in [0.15, 0.2) is 241 Å². The number of fused-ring (bicyclic) bond motifs is 7. The number of benzene rings is 11. The summed E-state index contributed by atoms with van der Waals surface area (Å²) in [5.74, 6) is 0. The molecule has 0 aliphatic heterocycles. The van der Waals surface area contributed by atoms with Gasteiger partial charge in [-0.2, -0.15) is 0 Å². The molecule has 2 heteroatoms. The lowest BCUT2D eigenvalue weighted by atomic mass is 9.93. The Labute approximate surface area is 360 Å². The van der Waals surface area contributed by atoms with Gasteiger partial charge in [0.05, 0.1) is 5.69 Å². The van der Waals surface area contributed by atoms with Crippen molar-refractivity contribution < 1.29 is 4.42 Å². The van der Waals surface area contributed by atoms with E-state index >= 15 is 0 Å². The van der Waals surface area contributed by atoms with Crippen LogP contribution in [-0.2, 0) is 0 Å². The lowest BCUT2D eigenvalue weighted by Gasteiger charge is -2.28. The van der Waals surface area contributed by atoms with E-state index in [2.05, 4.69) is 229 Å². The van der Waals surface area contributed by atoms with Gasteiger partial charge in [0.1, 0.15) is 11.2 Å². The highest BCUT2D eigenvalue weighted by molar-refractivity contribution is 6.13. The van der Waals surface area contributed by atoms with Crippen LogP contribution in [0.1, 0.15) is 0 Å². The average Bonchev–Trinajstić information content (AvgIpc) is 3.74. The summed E-state index contributed by atoms with van der Waals surface area (Å²) in [5, 5.41) is 9.77. The first kappa shape index (κ1) is 35.7. The number of rotatable bonds is 7. The summed E-state index contributed by atoms with van der Waals surface area (Å²) < 4.78 is 6.46. The Morgan fingerprint density at radius 2 is 0.742 bits per heavy atom. The third kappa shape index (κ3) is 6.04. The van der Waals surface area contributed by atoms with Crippen LogP contribution in [0.5, 0.6) is 0 Å².